The molecule has 0 saturated carbocycles. The van der Waals surface area contributed by atoms with Crippen LogP contribution in [0.5, 0.6) is 0 Å². The van der Waals surface area contributed by atoms with Crippen LogP contribution in [-0.2, 0) is 4.74 Å². The normalized spacial score (nSPS) is 19.1. The molecule has 1 aromatic rings. The van der Waals surface area contributed by atoms with E-state index in [-0.39, 0.29) is 12.1 Å². The Balaban J connectivity index is 1.94. The molecule has 0 N–H and O–H groups in total. The molecule has 0 bridgehead atoms. The third kappa shape index (κ3) is 5.32. The minimum atomic E-state index is -0.467. The van der Waals surface area contributed by atoms with Crippen LogP contribution in [-0.4, -0.2) is 44.9 Å². The molecule has 1 aromatic heterocycles. The molecule has 22 heavy (non-hydrogen) atoms. The molecule has 1 saturated heterocycles. The third-order valence-electron chi connectivity index (χ3n) is 3.26. The van der Waals surface area contributed by atoms with E-state index in [0.717, 1.165) is 31.6 Å². The summed E-state index contributed by atoms with van der Waals surface area (Å²) < 4.78 is 5.50. The van der Waals surface area contributed by atoms with Crippen LogP contribution in [0.3, 0.4) is 0 Å². The number of halogens is 1. The lowest BCUT2D eigenvalue weighted by Crippen LogP contribution is -2.47. The summed E-state index contributed by atoms with van der Waals surface area (Å²) in [4.78, 5) is 22.5. The van der Waals surface area contributed by atoms with E-state index in [1.807, 2.05) is 25.7 Å². The molecule has 2 rings (SSSR count). The fourth-order valence-corrected chi connectivity index (χ4v) is 3.32. The number of amides is 1. The molecule has 0 spiro atoms. The van der Waals surface area contributed by atoms with Crippen molar-refractivity contribution in [3.63, 3.8) is 0 Å². The Bertz CT molecular complexity index is 505. The van der Waals surface area contributed by atoms with E-state index in [9.17, 15) is 4.79 Å². The molecule has 1 unspecified atom stereocenters. The van der Waals surface area contributed by atoms with Gasteiger partial charge in [0, 0.05) is 18.3 Å². The third-order valence-corrected chi connectivity index (χ3v) is 4.47. The minimum Gasteiger partial charge on any atom is -0.444 e. The van der Waals surface area contributed by atoms with Gasteiger partial charge in [0.15, 0.2) is 5.16 Å². The van der Waals surface area contributed by atoms with Crippen LogP contribution in [0.2, 0.25) is 5.02 Å². The Morgan fingerprint density at radius 1 is 1.41 bits per heavy atom. The van der Waals surface area contributed by atoms with Crippen LogP contribution >= 0.6 is 23.4 Å². The molecule has 7 heteroatoms. The topological polar surface area (TPSA) is 55.3 Å². The van der Waals surface area contributed by atoms with E-state index in [1.54, 1.807) is 24.2 Å². The van der Waals surface area contributed by atoms with Crippen molar-refractivity contribution < 1.29 is 9.53 Å². The summed E-state index contributed by atoms with van der Waals surface area (Å²) in [6, 6.07) is 0.160. The van der Waals surface area contributed by atoms with Gasteiger partial charge in [-0.2, -0.15) is 0 Å². The molecule has 122 valence electrons. The van der Waals surface area contributed by atoms with Crippen LogP contribution < -0.4 is 0 Å². The van der Waals surface area contributed by atoms with Gasteiger partial charge in [0.25, 0.3) is 0 Å². The van der Waals surface area contributed by atoms with Crippen LogP contribution in [0, 0.1) is 0 Å². The number of carbonyl (C=O) groups is 1. The lowest BCUT2D eigenvalue weighted by atomic mass is 10.0. The Morgan fingerprint density at radius 2 is 2.09 bits per heavy atom. The number of hydrogen-bond donors (Lipinski definition) is 0. The fourth-order valence-electron chi connectivity index (χ4n) is 2.28. The highest BCUT2D eigenvalue weighted by Crippen LogP contribution is 2.25. The predicted octanol–water partition coefficient (Wildman–Crippen LogP) is 4.01. The van der Waals surface area contributed by atoms with Crippen molar-refractivity contribution in [3.8, 4) is 0 Å². The van der Waals surface area contributed by atoms with Gasteiger partial charge >= 0.3 is 6.09 Å². The van der Waals surface area contributed by atoms with E-state index < -0.39 is 5.60 Å². The summed E-state index contributed by atoms with van der Waals surface area (Å²) in [5.41, 5.74) is -0.467. The highest BCUT2D eigenvalue weighted by Gasteiger charge is 2.30. The van der Waals surface area contributed by atoms with Gasteiger partial charge in [-0.1, -0.05) is 23.4 Å². The zero-order chi connectivity index (χ0) is 16.2. The summed E-state index contributed by atoms with van der Waals surface area (Å²) in [5, 5.41) is 1.21. The SMILES string of the molecule is CC(C)(C)OC(=O)N1CCCCC1CSc1ncc(Cl)cn1. The molecule has 1 fully saturated rings. The van der Waals surface area contributed by atoms with Crippen molar-refractivity contribution in [2.24, 2.45) is 0 Å². The largest absolute Gasteiger partial charge is 0.444 e. The molecule has 0 aromatic carbocycles. The van der Waals surface area contributed by atoms with E-state index in [2.05, 4.69) is 9.97 Å². The molecule has 1 aliphatic heterocycles. The number of thioether (sulfide) groups is 1. The van der Waals surface area contributed by atoms with Gasteiger partial charge in [0.1, 0.15) is 5.60 Å². The van der Waals surface area contributed by atoms with Crippen LogP contribution in [0.1, 0.15) is 40.0 Å². The molecule has 0 radical (unpaired) electrons. The Kier molecular flexibility index (Phi) is 5.92. The maximum atomic E-state index is 12.3. The average Bonchev–Trinajstić information content (AvgIpc) is 2.45. The molecule has 5 nitrogen and oxygen atoms in total. The summed E-state index contributed by atoms with van der Waals surface area (Å²) in [6.45, 7) is 6.42. The first-order valence-electron chi connectivity index (χ1n) is 7.45. The number of likely N-dealkylation sites (tertiary alicyclic amines) is 1. The van der Waals surface area contributed by atoms with Crippen molar-refractivity contribution in [1.82, 2.24) is 14.9 Å². The predicted molar refractivity (Wildman–Crippen MR) is 88.3 cm³/mol. The number of rotatable bonds is 3. The lowest BCUT2D eigenvalue weighted by Gasteiger charge is -2.36. The number of carbonyl (C=O) groups excluding carboxylic acids is 1. The van der Waals surface area contributed by atoms with Gasteiger partial charge in [0.2, 0.25) is 0 Å². The summed E-state index contributed by atoms with van der Waals surface area (Å²) in [6.07, 6.45) is 6.09. The first-order valence-corrected chi connectivity index (χ1v) is 8.81. The van der Waals surface area contributed by atoms with Crippen molar-refractivity contribution >= 4 is 29.5 Å². The highest BCUT2D eigenvalue weighted by molar-refractivity contribution is 7.99. The number of piperidine rings is 1. The quantitative estimate of drug-likeness (QED) is 0.613. The number of ether oxygens (including phenoxy) is 1. The average molecular weight is 344 g/mol. The fraction of sp³-hybridized carbons (Fsp3) is 0.667. The van der Waals surface area contributed by atoms with Gasteiger partial charge < -0.3 is 9.64 Å². The number of hydrogen-bond acceptors (Lipinski definition) is 5. The van der Waals surface area contributed by atoms with Gasteiger partial charge in [-0.05, 0) is 40.0 Å². The first kappa shape index (κ1) is 17.3. The van der Waals surface area contributed by atoms with E-state index >= 15 is 0 Å². The number of nitrogens with zero attached hydrogens (tertiary/aromatic N) is 3. The minimum absolute atomic E-state index is 0.160. The zero-order valence-corrected chi connectivity index (χ0v) is 14.8. The van der Waals surface area contributed by atoms with Crippen molar-refractivity contribution in [2.45, 2.75) is 56.8 Å². The zero-order valence-electron chi connectivity index (χ0n) is 13.2. The van der Waals surface area contributed by atoms with Crippen molar-refractivity contribution in [3.05, 3.63) is 17.4 Å². The van der Waals surface area contributed by atoms with E-state index in [1.165, 1.54) is 0 Å². The maximum Gasteiger partial charge on any atom is 0.410 e. The summed E-state index contributed by atoms with van der Waals surface area (Å²) >= 11 is 7.33. The second kappa shape index (κ2) is 7.51. The van der Waals surface area contributed by atoms with E-state index in [0.29, 0.717) is 10.2 Å². The van der Waals surface area contributed by atoms with E-state index in [4.69, 9.17) is 16.3 Å². The molecular formula is C15H22ClN3O2S. The van der Waals surface area contributed by atoms with Crippen LogP contribution in [0.15, 0.2) is 17.6 Å². The summed E-state index contributed by atoms with van der Waals surface area (Å²) in [5.74, 6) is 0.765. The second-order valence-corrected chi connectivity index (χ2v) is 7.74. The second-order valence-electron chi connectivity index (χ2n) is 6.32. The lowest BCUT2D eigenvalue weighted by molar-refractivity contribution is 0.0125. The van der Waals surface area contributed by atoms with Gasteiger partial charge in [-0.3, -0.25) is 0 Å². The maximum absolute atomic E-state index is 12.3. The van der Waals surface area contributed by atoms with Crippen molar-refractivity contribution in [1.29, 1.82) is 0 Å². The molecule has 1 aliphatic rings. The smallest absolute Gasteiger partial charge is 0.410 e. The Labute approximate surface area is 140 Å². The molecular weight excluding hydrogens is 322 g/mol. The molecule has 0 aliphatic carbocycles. The molecule has 2 heterocycles. The Morgan fingerprint density at radius 3 is 2.73 bits per heavy atom. The van der Waals surface area contributed by atoms with Crippen LogP contribution in [0.25, 0.3) is 0 Å². The molecule has 1 amide bonds. The van der Waals surface area contributed by atoms with Crippen LogP contribution in [0.4, 0.5) is 4.79 Å². The monoisotopic (exact) mass is 343 g/mol. The number of aromatic nitrogens is 2. The Hall–Kier alpha value is -1.01. The van der Waals surface area contributed by atoms with Gasteiger partial charge in [-0.25, -0.2) is 14.8 Å². The van der Waals surface area contributed by atoms with Gasteiger partial charge in [-0.15, -0.1) is 0 Å². The summed E-state index contributed by atoms with van der Waals surface area (Å²) in [7, 11) is 0. The van der Waals surface area contributed by atoms with Gasteiger partial charge in [0.05, 0.1) is 17.4 Å². The van der Waals surface area contributed by atoms with Crippen molar-refractivity contribution in [2.75, 3.05) is 12.3 Å². The first-order chi connectivity index (χ1) is 10.3. The standard InChI is InChI=1S/C15H22ClN3O2S/c1-15(2,3)21-14(20)19-7-5-4-6-12(19)10-22-13-17-8-11(16)9-18-13/h8-9,12H,4-7,10H2,1-3H3. The highest BCUT2D eigenvalue weighted by atomic mass is 35.5. The molecule has 1 atom stereocenters.